The van der Waals surface area contributed by atoms with Crippen LogP contribution >= 0.6 is 7.75 Å². The fourth-order valence-corrected chi connectivity index (χ4v) is 6.59. The Morgan fingerprint density at radius 2 is 1.52 bits per heavy atom. The number of nitrogens with two attached hydrogens (primary N) is 1. The number of unbranched alkanes of at least 4 members (excludes halogenated alkanes) is 5. The van der Waals surface area contributed by atoms with Crippen LogP contribution < -0.4 is 15.3 Å². The average Bonchev–Trinajstić information content (AvgIpc) is 3.03. The van der Waals surface area contributed by atoms with E-state index in [4.69, 9.17) is 19.5 Å². The predicted molar refractivity (Wildman–Crippen MR) is 187 cm³/mol. The molecule has 3 aromatic carbocycles. The Labute approximate surface area is 276 Å². The van der Waals surface area contributed by atoms with Gasteiger partial charge in [-0.2, -0.15) is 5.09 Å². The lowest BCUT2D eigenvalue weighted by Crippen LogP contribution is -2.49. The number of carbonyl (C=O) groups is 1. The molecule has 3 atom stereocenters. The van der Waals surface area contributed by atoms with Crippen LogP contribution in [-0.4, -0.2) is 42.5 Å². The van der Waals surface area contributed by atoms with Gasteiger partial charge in [-0.25, -0.2) is 4.57 Å². The van der Waals surface area contributed by atoms with E-state index in [1.165, 1.54) is 44.1 Å². The molecule has 0 aromatic heterocycles. The first-order valence-corrected chi connectivity index (χ1v) is 18.2. The molecule has 3 rings (SSSR count). The summed E-state index contributed by atoms with van der Waals surface area (Å²) in [5.74, 6) is -0.252. The van der Waals surface area contributed by atoms with Gasteiger partial charge < -0.3 is 20.1 Å². The lowest BCUT2D eigenvalue weighted by molar-refractivity contribution is -0.148. The maximum atomic E-state index is 14.3. The summed E-state index contributed by atoms with van der Waals surface area (Å²) in [6.07, 6.45) is 9.69. The zero-order valence-electron chi connectivity index (χ0n) is 28.4. The third-order valence-electron chi connectivity index (χ3n) is 7.91. The number of carbonyl (C=O) groups excluding carboxylic acids is 1. The summed E-state index contributed by atoms with van der Waals surface area (Å²) in [6, 6.07) is 20.5. The maximum absolute atomic E-state index is 14.3. The number of benzene rings is 3. The second kappa shape index (κ2) is 18.0. The summed E-state index contributed by atoms with van der Waals surface area (Å²) in [4.78, 5) is 12.8. The minimum absolute atomic E-state index is 0.198. The number of hydrogen-bond donors (Lipinski definition) is 3. The number of ether oxygens (including phenoxy) is 1. The first-order chi connectivity index (χ1) is 21.9. The zero-order chi connectivity index (χ0) is 33.6. The average molecular weight is 655 g/mol. The standard InChI is InChI=1S/C37H55N2O6P/c1-6-7-8-9-10-11-15-30-20-22-31(23-21-30)24-25-37(38,26-40)28-44-46(42,39-29(2)35(41)43-27-36(3,4)5)45-34-19-14-17-32-16-12-13-18-33(32)34/h12-14,16-23,29,40H,6-11,15,24-28,38H2,1-5H3,(H,39,42)/t29-,37?,46?/m1/s1. The number of esters is 1. The highest BCUT2D eigenvalue weighted by Gasteiger charge is 2.36. The second-order valence-corrected chi connectivity index (χ2v) is 15.4. The van der Waals surface area contributed by atoms with Gasteiger partial charge in [-0.05, 0) is 60.6 Å². The van der Waals surface area contributed by atoms with E-state index in [1.54, 1.807) is 19.1 Å². The summed E-state index contributed by atoms with van der Waals surface area (Å²) >= 11 is 0. The monoisotopic (exact) mass is 654 g/mol. The fraction of sp³-hybridized carbons (Fsp3) is 0.541. The predicted octanol–water partition coefficient (Wildman–Crippen LogP) is 8.14. The molecular weight excluding hydrogens is 599 g/mol. The van der Waals surface area contributed by atoms with Crippen molar-refractivity contribution >= 4 is 24.5 Å². The Morgan fingerprint density at radius 3 is 2.20 bits per heavy atom. The van der Waals surface area contributed by atoms with Gasteiger partial charge in [-0.1, -0.05) is 120 Å². The van der Waals surface area contributed by atoms with Gasteiger partial charge in [0.25, 0.3) is 0 Å². The van der Waals surface area contributed by atoms with Gasteiger partial charge >= 0.3 is 13.7 Å². The van der Waals surface area contributed by atoms with Crippen molar-refractivity contribution in [3.05, 3.63) is 77.9 Å². The lowest BCUT2D eigenvalue weighted by Gasteiger charge is -2.30. The van der Waals surface area contributed by atoms with Crippen molar-refractivity contribution in [1.82, 2.24) is 5.09 Å². The molecule has 0 heterocycles. The minimum Gasteiger partial charge on any atom is -0.464 e. The first kappa shape index (κ1) is 37.7. The maximum Gasteiger partial charge on any atom is 0.459 e. The molecule has 0 radical (unpaired) electrons. The Hall–Kier alpha value is -2.74. The number of aliphatic hydroxyl groups excluding tert-OH is 1. The Kier molecular flexibility index (Phi) is 14.7. The van der Waals surface area contributed by atoms with Crippen molar-refractivity contribution in [2.24, 2.45) is 11.1 Å². The number of nitrogens with one attached hydrogen (secondary N) is 1. The van der Waals surface area contributed by atoms with Crippen molar-refractivity contribution in [2.45, 2.75) is 104 Å². The molecule has 0 aliphatic rings. The molecule has 0 saturated heterocycles. The third-order valence-corrected chi connectivity index (χ3v) is 9.52. The van der Waals surface area contributed by atoms with Gasteiger partial charge in [-0.15, -0.1) is 0 Å². The van der Waals surface area contributed by atoms with Crippen LogP contribution in [0.1, 0.15) is 90.7 Å². The van der Waals surface area contributed by atoms with Crippen LogP contribution in [0.25, 0.3) is 10.8 Å². The minimum atomic E-state index is -4.19. The summed E-state index contributed by atoms with van der Waals surface area (Å²) in [7, 11) is -4.19. The quantitative estimate of drug-likeness (QED) is 0.0635. The number of rotatable bonds is 20. The summed E-state index contributed by atoms with van der Waals surface area (Å²) in [5.41, 5.74) is 7.57. The van der Waals surface area contributed by atoms with Gasteiger partial charge in [-0.3, -0.25) is 9.32 Å². The van der Waals surface area contributed by atoms with E-state index >= 15 is 0 Å². The molecule has 46 heavy (non-hydrogen) atoms. The van der Waals surface area contributed by atoms with Crippen molar-refractivity contribution in [3.8, 4) is 5.75 Å². The van der Waals surface area contributed by atoms with E-state index in [0.29, 0.717) is 18.6 Å². The highest BCUT2D eigenvalue weighted by molar-refractivity contribution is 7.52. The number of aryl methyl sites for hydroxylation is 2. The molecule has 0 spiro atoms. The van der Waals surface area contributed by atoms with E-state index in [0.717, 1.165) is 22.8 Å². The second-order valence-electron chi connectivity index (χ2n) is 13.7. The molecule has 0 aliphatic carbocycles. The van der Waals surface area contributed by atoms with Gasteiger partial charge in [0.05, 0.1) is 25.4 Å². The molecular formula is C37H55N2O6P. The Morgan fingerprint density at radius 1 is 0.891 bits per heavy atom. The highest BCUT2D eigenvalue weighted by atomic mass is 31.2. The summed E-state index contributed by atoms with van der Waals surface area (Å²) in [6.45, 7) is 9.19. The van der Waals surface area contributed by atoms with Crippen LogP contribution in [0.3, 0.4) is 0 Å². The molecule has 0 bridgehead atoms. The van der Waals surface area contributed by atoms with Crippen LogP contribution in [0.4, 0.5) is 0 Å². The summed E-state index contributed by atoms with van der Waals surface area (Å²) < 4.78 is 31.7. The molecule has 0 aliphatic heterocycles. The van der Waals surface area contributed by atoms with E-state index in [2.05, 4.69) is 36.3 Å². The van der Waals surface area contributed by atoms with Crippen LogP contribution in [0.2, 0.25) is 0 Å². The van der Waals surface area contributed by atoms with E-state index < -0.39 is 25.3 Å². The van der Waals surface area contributed by atoms with Crippen LogP contribution in [-0.2, 0) is 31.5 Å². The van der Waals surface area contributed by atoms with Crippen molar-refractivity contribution < 1.29 is 28.3 Å². The van der Waals surface area contributed by atoms with Crippen LogP contribution in [0.15, 0.2) is 66.7 Å². The van der Waals surface area contributed by atoms with Crippen LogP contribution in [0.5, 0.6) is 5.75 Å². The molecule has 0 fully saturated rings. The zero-order valence-corrected chi connectivity index (χ0v) is 29.3. The smallest absolute Gasteiger partial charge is 0.459 e. The number of hydrogen-bond acceptors (Lipinski definition) is 7. The normalized spacial score (nSPS) is 15.2. The molecule has 2 unspecified atom stereocenters. The number of aliphatic hydroxyl groups is 1. The van der Waals surface area contributed by atoms with Gasteiger partial charge in [0.2, 0.25) is 0 Å². The molecule has 254 valence electrons. The van der Waals surface area contributed by atoms with Gasteiger partial charge in [0.1, 0.15) is 11.8 Å². The molecule has 3 aromatic rings. The Balaban J connectivity index is 1.67. The number of fused-ring (bicyclic) bond motifs is 1. The van der Waals surface area contributed by atoms with Crippen molar-refractivity contribution in [1.29, 1.82) is 0 Å². The van der Waals surface area contributed by atoms with E-state index in [9.17, 15) is 14.5 Å². The molecule has 8 nitrogen and oxygen atoms in total. The molecule has 4 N–H and O–H groups in total. The molecule has 9 heteroatoms. The van der Waals surface area contributed by atoms with E-state index in [-0.39, 0.29) is 25.2 Å². The lowest BCUT2D eigenvalue weighted by atomic mass is 9.93. The first-order valence-electron chi connectivity index (χ1n) is 16.7. The topological polar surface area (TPSA) is 120 Å². The third kappa shape index (κ3) is 12.8. The fourth-order valence-electron chi connectivity index (χ4n) is 4.98. The van der Waals surface area contributed by atoms with Gasteiger partial charge in [0.15, 0.2) is 0 Å². The highest BCUT2D eigenvalue weighted by Crippen LogP contribution is 2.47. The SMILES string of the molecule is CCCCCCCCc1ccc(CCC(N)(CO)COP(=O)(N[C@H](C)C(=O)OCC(C)(C)C)Oc2cccc3ccccc23)cc1. The van der Waals surface area contributed by atoms with Gasteiger partial charge in [0, 0.05) is 5.39 Å². The molecule has 0 saturated carbocycles. The van der Waals surface area contributed by atoms with Crippen molar-refractivity contribution in [3.63, 3.8) is 0 Å². The van der Waals surface area contributed by atoms with Crippen molar-refractivity contribution in [2.75, 3.05) is 19.8 Å². The van der Waals surface area contributed by atoms with E-state index in [1.807, 2.05) is 51.1 Å². The summed E-state index contributed by atoms with van der Waals surface area (Å²) in [5, 5.41) is 14.7. The largest absolute Gasteiger partial charge is 0.464 e. The van der Waals surface area contributed by atoms with Crippen LogP contribution in [0, 0.1) is 5.41 Å². The molecule has 0 amide bonds. The Bertz CT molecular complexity index is 1400.